The molecule has 10 heteroatoms. The van der Waals surface area contributed by atoms with E-state index >= 15 is 0 Å². The van der Waals surface area contributed by atoms with E-state index in [9.17, 15) is 4.39 Å². The lowest BCUT2D eigenvalue weighted by molar-refractivity contribution is -0.0235. The lowest BCUT2D eigenvalue weighted by Crippen LogP contribution is -2.19. The van der Waals surface area contributed by atoms with Crippen LogP contribution >= 0.6 is 0 Å². The molecule has 0 aliphatic heterocycles. The first kappa shape index (κ1) is 29.6. The van der Waals surface area contributed by atoms with Crippen LogP contribution in [0.25, 0.3) is 0 Å². The zero-order chi connectivity index (χ0) is 22.0. The average Bonchev–Trinajstić information content (AvgIpc) is 2.73. The van der Waals surface area contributed by atoms with E-state index in [1.165, 1.54) is 0 Å². The Morgan fingerprint density at radius 2 is 0.633 bits per heavy atom. The van der Waals surface area contributed by atoms with Crippen molar-refractivity contribution < 1.29 is 42.3 Å². The molecule has 182 valence electrons. The van der Waals surface area contributed by atoms with E-state index in [-0.39, 0.29) is 6.61 Å². The van der Waals surface area contributed by atoms with Crippen molar-refractivity contribution in [2.45, 2.75) is 0 Å². The fourth-order valence-corrected chi connectivity index (χ4v) is 1.94. The molecular weight excluding hydrogens is 401 g/mol. The van der Waals surface area contributed by atoms with Crippen LogP contribution in [0.1, 0.15) is 0 Å². The van der Waals surface area contributed by atoms with E-state index in [0.29, 0.717) is 92.5 Å². The number of hydrogen-bond donors (Lipinski definition) is 0. The molecule has 0 aromatic carbocycles. The summed E-state index contributed by atoms with van der Waals surface area (Å²) in [6, 6.07) is 0. The van der Waals surface area contributed by atoms with E-state index in [4.69, 9.17) is 37.9 Å². The minimum absolute atomic E-state index is 0.122. The third-order valence-corrected chi connectivity index (χ3v) is 3.51. The summed E-state index contributed by atoms with van der Waals surface area (Å²) in [5, 5.41) is 0. The van der Waals surface area contributed by atoms with Gasteiger partial charge in [-0.3, -0.25) is 0 Å². The van der Waals surface area contributed by atoms with Crippen LogP contribution in [-0.4, -0.2) is 138 Å². The molecule has 9 nitrogen and oxygen atoms in total. The SMILES string of the molecule is CN(C)CCOCCOCCOCCOCCOCCOCCOCCOCCF. The first-order chi connectivity index (χ1) is 14.8. The Morgan fingerprint density at radius 3 is 0.867 bits per heavy atom. The normalized spacial score (nSPS) is 11.6. The van der Waals surface area contributed by atoms with Gasteiger partial charge in [0.25, 0.3) is 0 Å². The predicted molar refractivity (Wildman–Crippen MR) is 111 cm³/mol. The maximum absolute atomic E-state index is 11.8. The quantitative estimate of drug-likeness (QED) is 0.179. The summed E-state index contributed by atoms with van der Waals surface area (Å²) in [5.41, 5.74) is 0. The topological polar surface area (TPSA) is 77.1 Å². The van der Waals surface area contributed by atoms with Gasteiger partial charge in [0.1, 0.15) is 6.67 Å². The van der Waals surface area contributed by atoms with Crippen molar-refractivity contribution in [1.82, 2.24) is 4.90 Å². The van der Waals surface area contributed by atoms with Crippen LogP contribution in [0.5, 0.6) is 0 Å². The van der Waals surface area contributed by atoms with Gasteiger partial charge in [-0.25, -0.2) is 4.39 Å². The fraction of sp³-hybridized carbons (Fsp3) is 1.00. The summed E-state index contributed by atoms with van der Waals surface area (Å²) in [6.07, 6.45) is 0. The third-order valence-electron chi connectivity index (χ3n) is 3.51. The van der Waals surface area contributed by atoms with Crippen LogP contribution in [-0.2, 0) is 37.9 Å². The van der Waals surface area contributed by atoms with Crippen molar-refractivity contribution in [2.24, 2.45) is 0 Å². The Kier molecular flexibility index (Phi) is 26.2. The minimum atomic E-state index is -0.466. The van der Waals surface area contributed by atoms with Crippen LogP contribution in [0, 0.1) is 0 Å². The molecule has 0 spiro atoms. The van der Waals surface area contributed by atoms with Gasteiger partial charge < -0.3 is 42.8 Å². The van der Waals surface area contributed by atoms with Gasteiger partial charge in [-0.15, -0.1) is 0 Å². The molecule has 30 heavy (non-hydrogen) atoms. The average molecular weight is 444 g/mol. The van der Waals surface area contributed by atoms with Crippen LogP contribution in [0.3, 0.4) is 0 Å². The van der Waals surface area contributed by atoms with Gasteiger partial charge >= 0.3 is 0 Å². The Labute approximate surface area is 181 Å². The summed E-state index contributed by atoms with van der Waals surface area (Å²) < 4.78 is 54.4. The summed E-state index contributed by atoms with van der Waals surface area (Å²) >= 11 is 0. The molecule has 0 saturated heterocycles. The van der Waals surface area contributed by atoms with Gasteiger partial charge in [-0.2, -0.15) is 0 Å². The molecular formula is C20H42FNO8. The van der Waals surface area contributed by atoms with Crippen LogP contribution < -0.4 is 0 Å². The van der Waals surface area contributed by atoms with E-state index in [1.54, 1.807) is 0 Å². The standard InChI is InChI=1S/C20H42FNO8/c1-22(2)4-6-24-8-10-26-12-14-28-16-18-30-20-19-29-17-15-27-13-11-25-9-7-23-5-3-21/h3-20H2,1-2H3. The number of hydrogen-bond acceptors (Lipinski definition) is 9. The molecule has 0 bridgehead atoms. The van der Waals surface area contributed by atoms with Crippen molar-refractivity contribution in [1.29, 1.82) is 0 Å². The molecule has 0 radical (unpaired) electrons. The molecule has 0 rings (SSSR count). The van der Waals surface area contributed by atoms with E-state index in [1.807, 2.05) is 14.1 Å². The maximum atomic E-state index is 11.8. The molecule has 0 atom stereocenters. The zero-order valence-corrected chi connectivity index (χ0v) is 18.8. The first-order valence-electron chi connectivity index (χ1n) is 10.6. The molecule has 0 aromatic heterocycles. The Hall–Kier alpha value is -0.430. The lowest BCUT2D eigenvalue weighted by Gasteiger charge is -2.10. The number of nitrogens with zero attached hydrogens (tertiary/aromatic N) is 1. The molecule has 0 aliphatic carbocycles. The second-order valence-electron chi connectivity index (χ2n) is 6.39. The number of halogens is 1. The smallest absolute Gasteiger partial charge is 0.113 e. The molecule has 0 N–H and O–H groups in total. The number of likely N-dealkylation sites (N-methyl/N-ethyl adjacent to an activating group) is 1. The van der Waals surface area contributed by atoms with Crippen LogP contribution in [0.4, 0.5) is 4.39 Å². The highest BCUT2D eigenvalue weighted by Crippen LogP contribution is 1.86. The number of alkyl halides is 1. The summed E-state index contributed by atoms with van der Waals surface area (Å²) in [7, 11) is 4.03. The second-order valence-corrected chi connectivity index (χ2v) is 6.39. The first-order valence-corrected chi connectivity index (χ1v) is 10.6. The van der Waals surface area contributed by atoms with Gasteiger partial charge in [-0.05, 0) is 14.1 Å². The van der Waals surface area contributed by atoms with Crippen molar-refractivity contribution in [2.75, 3.05) is 133 Å². The highest BCUT2D eigenvalue weighted by atomic mass is 19.1. The molecule has 0 amide bonds. The van der Waals surface area contributed by atoms with Gasteiger partial charge in [0.15, 0.2) is 0 Å². The van der Waals surface area contributed by atoms with Gasteiger partial charge in [-0.1, -0.05) is 0 Å². The zero-order valence-electron chi connectivity index (χ0n) is 18.8. The Morgan fingerprint density at radius 1 is 0.400 bits per heavy atom. The fourth-order valence-electron chi connectivity index (χ4n) is 1.94. The molecule has 0 fully saturated rings. The summed E-state index contributed by atoms with van der Waals surface area (Å²) in [5.74, 6) is 0. The monoisotopic (exact) mass is 443 g/mol. The van der Waals surface area contributed by atoms with Gasteiger partial charge in [0.05, 0.1) is 106 Å². The van der Waals surface area contributed by atoms with Crippen molar-refractivity contribution in [3.8, 4) is 0 Å². The minimum Gasteiger partial charge on any atom is -0.378 e. The van der Waals surface area contributed by atoms with Gasteiger partial charge in [0.2, 0.25) is 0 Å². The van der Waals surface area contributed by atoms with Crippen LogP contribution in [0.2, 0.25) is 0 Å². The molecule has 0 unspecified atom stereocenters. The van der Waals surface area contributed by atoms with E-state index in [0.717, 1.165) is 13.2 Å². The molecule has 0 heterocycles. The van der Waals surface area contributed by atoms with Crippen molar-refractivity contribution >= 4 is 0 Å². The molecule has 0 aliphatic rings. The molecule has 0 aromatic rings. The maximum Gasteiger partial charge on any atom is 0.113 e. The Balaban J connectivity index is 2.99. The predicted octanol–water partition coefficient (Wildman–Crippen LogP) is 0.650. The third kappa shape index (κ3) is 27.6. The number of ether oxygens (including phenoxy) is 8. The van der Waals surface area contributed by atoms with E-state index < -0.39 is 6.67 Å². The Bertz CT molecular complexity index is 317. The highest BCUT2D eigenvalue weighted by Gasteiger charge is 1.95. The second kappa shape index (κ2) is 26.6. The van der Waals surface area contributed by atoms with Gasteiger partial charge in [0, 0.05) is 6.54 Å². The van der Waals surface area contributed by atoms with Crippen molar-refractivity contribution in [3.63, 3.8) is 0 Å². The highest BCUT2D eigenvalue weighted by molar-refractivity contribution is 4.40. The largest absolute Gasteiger partial charge is 0.378 e. The van der Waals surface area contributed by atoms with Crippen LogP contribution in [0.15, 0.2) is 0 Å². The number of rotatable bonds is 26. The summed E-state index contributed by atoms with van der Waals surface area (Å²) in [6.45, 7) is 8.51. The lowest BCUT2D eigenvalue weighted by atomic mass is 10.6. The summed E-state index contributed by atoms with van der Waals surface area (Å²) in [4.78, 5) is 2.08. The molecule has 0 saturated carbocycles. The van der Waals surface area contributed by atoms with Crippen molar-refractivity contribution in [3.05, 3.63) is 0 Å². The van der Waals surface area contributed by atoms with E-state index in [2.05, 4.69) is 4.90 Å².